The molecule has 1 aromatic rings. The lowest BCUT2D eigenvalue weighted by atomic mass is 10.1. The van der Waals surface area contributed by atoms with E-state index in [9.17, 15) is 23.2 Å². The Bertz CT molecular complexity index is 615. The molecule has 0 aliphatic carbocycles. The number of carboxylic acids is 1. The van der Waals surface area contributed by atoms with E-state index in [1.165, 1.54) is 0 Å². The van der Waals surface area contributed by atoms with Gasteiger partial charge in [-0.3, -0.25) is 14.4 Å². The Labute approximate surface area is 119 Å². The molecule has 0 bridgehead atoms. The number of anilines is 1. The van der Waals surface area contributed by atoms with E-state index in [1.54, 1.807) is 0 Å². The number of Topliss-reactive ketones (excluding diaryl/α,β-unsaturated/α-hetero) is 1. The van der Waals surface area contributed by atoms with Gasteiger partial charge < -0.3 is 10.0 Å². The summed E-state index contributed by atoms with van der Waals surface area (Å²) >= 11 is 0. The Balaban J connectivity index is 2.07. The molecule has 2 rings (SSSR count). The first-order chi connectivity index (χ1) is 9.91. The Kier molecular flexibility index (Phi) is 4.30. The van der Waals surface area contributed by atoms with Crippen molar-refractivity contribution in [3.05, 3.63) is 29.3 Å². The molecule has 0 saturated carbocycles. The molecule has 112 valence electrons. The van der Waals surface area contributed by atoms with Gasteiger partial charge in [0.15, 0.2) is 0 Å². The van der Waals surface area contributed by atoms with Gasteiger partial charge in [0.1, 0.15) is 11.6 Å². The van der Waals surface area contributed by atoms with Gasteiger partial charge in [0.25, 0.3) is 11.7 Å². The lowest BCUT2D eigenvalue weighted by Crippen LogP contribution is -2.30. The number of carbonyl (C=O) groups excluding carboxylic acids is 2. The van der Waals surface area contributed by atoms with Crippen molar-refractivity contribution in [2.45, 2.75) is 25.7 Å². The molecule has 0 radical (unpaired) electrons. The van der Waals surface area contributed by atoms with E-state index in [0.717, 1.165) is 11.0 Å². The summed E-state index contributed by atoms with van der Waals surface area (Å²) in [7, 11) is 0. The third-order valence-electron chi connectivity index (χ3n) is 3.26. The van der Waals surface area contributed by atoms with Crippen molar-refractivity contribution in [1.29, 1.82) is 0 Å². The second-order valence-corrected chi connectivity index (χ2v) is 4.77. The highest BCUT2D eigenvalue weighted by atomic mass is 19.1. The van der Waals surface area contributed by atoms with Crippen LogP contribution in [0.5, 0.6) is 0 Å². The molecular weight excluding hydrogens is 284 g/mol. The summed E-state index contributed by atoms with van der Waals surface area (Å²) < 4.78 is 26.8. The van der Waals surface area contributed by atoms with Crippen LogP contribution in [0.15, 0.2) is 12.1 Å². The number of amides is 1. The van der Waals surface area contributed by atoms with E-state index in [0.29, 0.717) is 25.3 Å². The van der Waals surface area contributed by atoms with Crippen LogP contribution in [0.3, 0.4) is 0 Å². The Morgan fingerprint density at radius 2 is 1.86 bits per heavy atom. The molecule has 0 spiro atoms. The number of fused-ring (bicyclic) bond motifs is 1. The maximum atomic E-state index is 13.6. The zero-order chi connectivity index (χ0) is 15.6. The zero-order valence-electron chi connectivity index (χ0n) is 11.1. The summed E-state index contributed by atoms with van der Waals surface area (Å²) in [6.45, 7) is 0.125. The lowest BCUT2D eigenvalue weighted by Gasteiger charge is -2.16. The van der Waals surface area contributed by atoms with Crippen molar-refractivity contribution < 1.29 is 28.3 Å². The number of unbranched alkanes of at least 4 members (excludes halogenated alkanes) is 2. The van der Waals surface area contributed by atoms with Gasteiger partial charge in [-0.15, -0.1) is 0 Å². The van der Waals surface area contributed by atoms with Crippen LogP contribution >= 0.6 is 0 Å². The third kappa shape index (κ3) is 3.07. The highest BCUT2D eigenvalue weighted by Gasteiger charge is 2.38. The van der Waals surface area contributed by atoms with Crippen LogP contribution in [0.4, 0.5) is 14.5 Å². The molecule has 1 N–H and O–H groups in total. The minimum atomic E-state index is -1.04. The average Bonchev–Trinajstić information content (AvgIpc) is 2.62. The standard InChI is InChI=1S/C14H13F2NO4/c15-8-6-9(16)12-10(7-8)17(14(21)13(12)20)5-3-1-2-4-11(18)19/h6-7H,1-5H2,(H,18,19). The van der Waals surface area contributed by atoms with Crippen LogP contribution in [0.2, 0.25) is 0 Å². The molecule has 0 saturated heterocycles. The third-order valence-corrected chi connectivity index (χ3v) is 3.26. The van der Waals surface area contributed by atoms with Crippen LogP contribution in [0, 0.1) is 11.6 Å². The van der Waals surface area contributed by atoms with Gasteiger partial charge in [0.05, 0.1) is 11.3 Å². The predicted molar refractivity (Wildman–Crippen MR) is 69.1 cm³/mol. The number of carbonyl (C=O) groups is 3. The summed E-state index contributed by atoms with van der Waals surface area (Å²) in [6.07, 6.45) is 1.45. The van der Waals surface area contributed by atoms with E-state index in [4.69, 9.17) is 5.11 Å². The molecule has 21 heavy (non-hydrogen) atoms. The normalized spacial score (nSPS) is 13.7. The minimum Gasteiger partial charge on any atom is -0.481 e. The monoisotopic (exact) mass is 297 g/mol. The maximum Gasteiger partial charge on any atom is 0.303 e. The number of rotatable bonds is 6. The molecule has 7 heteroatoms. The SMILES string of the molecule is O=C(O)CCCCCN1C(=O)C(=O)c2c(F)cc(F)cc21. The van der Waals surface area contributed by atoms with E-state index in [2.05, 4.69) is 0 Å². The predicted octanol–water partition coefficient (Wildman–Crippen LogP) is 2.14. The topological polar surface area (TPSA) is 74.7 Å². The van der Waals surface area contributed by atoms with E-state index < -0.39 is 34.9 Å². The van der Waals surface area contributed by atoms with Crippen LogP contribution in [0.1, 0.15) is 36.0 Å². The highest BCUT2D eigenvalue weighted by molar-refractivity contribution is 6.52. The molecule has 1 heterocycles. The molecule has 5 nitrogen and oxygen atoms in total. The van der Waals surface area contributed by atoms with Crippen molar-refractivity contribution in [2.75, 3.05) is 11.4 Å². The number of benzene rings is 1. The van der Waals surface area contributed by atoms with Crippen molar-refractivity contribution in [3.63, 3.8) is 0 Å². The number of ketones is 1. The second-order valence-electron chi connectivity index (χ2n) is 4.77. The van der Waals surface area contributed by atoms with Crippen molar-refractivity contribution in [2.24, 2.45) is 0 Å². The number of aliphatic carboxylic acids is 1. The van der Waals surface area contributed by atoms with Crippen molar-refractivity contribution in [3.8, 4) is 0 Å². The summed E-state index contributed by atoms with van der Waals surface area (Å²) in [5.74, 6) is -4.67. The number of hydrogen-bond donors (Lipinski definition) is 1. The van der Waals surface area contributed by atoms with Crippen LogP contribution in [-0.2, 0) is 9.59 Å². The number of hydrogen-bond acceptors (Lipinski definition) is 3. The minimum absolute atomic E-state index is 0.0206. The molecule has 0 fully saturated rings. The van der Waals surface area contributed by atoms with E-state index >= 15 is 0 Å². The fourth-order valence-corrected chi connectivity index (χ4v) is 2.28. The summed E-state index contributed by atoms with van der Waals surface area (Å²) in [6, 6.07) is 1.53. The van der Waals surface area contributed by atoms with Gasteiger partial charge in [0.2, 0.25) is 0 Å². The molecule has 1 aliphatic heterocycles. The van der Waals surface area contributed by atoms with Crippen LogP contribution in [-0.4, -0.2) is 29.3 Å². The van der Waals surface area contributed by atoms with Gasteiger partial charge in [0, 0.05) is 19.0 Å². The highest BCUT2D eigenvalue weighted by Crippen LogP contribution is 2.32. The smallest absolute Gasteiger partial charge is 0.303 e. The Morgan fingerprint density at radius 1 is 1.14 bits per heavy atom. The lowest BCUT2D eigenvalue weighted by molar-refractivity contribution is -0.137. The molecule has 1 aromatic carbocycles. The largest absolute Gasteiger partial charge is 0.481 e. The first-order valence-electron chi connectivity index (χ1n) is 6.49. The van der Waals surface area contributed by atoms with Gasteiger partial charge in [-0.2, -0.15) is 0 Å². The van der Waals surface area contributed by atoms with Crippen molar-refractivity contribution >= 4 is 23.3 Å². The van der Waals surface area contributed by atoms with Gasteiger partial charge in [-0.1, -0.05) is 6.42 Å². The molecule has 1 amide bonds. The maximum absolute atomic E-state index is 13.6. The molecule has 0 aromatic heterocycles. The van der Waals surface area contributed by atoms with Crippen LogP contribution in [0.25, 0.3) is 0 Å². The molecule has 0 unspecified atom stereocenters. The number of carboxylic acid groups (broad SMARTS) is 1. The Hall–Kier alpha value is -2.31. The second kappa shape index (κ2) is 5.99. The summed E-state index contributed by atoms with van der Waals surface area (Å²) in [5, 5.41) is 8.50. The van der Waals surface area contributed by atoms with E-state index in [1.807, 2.05) is 0 Å². The summed E-state index contributed by atoms with van der Waals surface area (Å²) in [5.41, 5.74) is -0.451. The van der Waals surface area contributed by atoms with Crippen molar-refractivity contribution in [1.82, 2.24) is 0 Å². The molecule has 0 atom stereocenters. The van der Waals surface area contributed by atoms with E-state index in [-0.39, 0.29) is 18.7 Å². The van der Waals surface area contributed by atoms with Crippen LogP contribution < -0.4 is 4.90 Å². The first kappa shape index (κ1) is 15.1. The first-order valence-corrected chi connectivity index (χ1v) is 6.49. The Morgan fingerprint density at radius 3 is 2.52 bits per heavy atom. The van der Waals surface area contributed by atoms with Gasteiger partial charge in [-0.25, -0.2) is 8.78 Å². The zero-order valence-corrected chi connectivity index (χ0v) is 11.1. The fourth-order valence-electron chi connectivity index (χ4n) is 2.28. The van der Waals surface area contributed by atoms with Gasteiger partial charge >= 0.3 is 5.97 Å². The molecular formula is C14H13F2NO4. The quantitative estimate of drug-likeness (QED) is 0.645. The number of halogens is 2. The van der Waals surface area contributed by atoms with Gasteiger partial charge in [-0.05, 0) is 18.9 Å². The summed E-state index contributed by atoms with van der Waals surface area (Å²) in [4.78, 5) is 34.9. The molecule has 1 aliphatic rings. The average molecular weight is 297 g/mol. The number of nitrogens with zero attached hydrogens (tertiary/aromatic N) is 1. The fraction of sp³-hybridized carbons (Fsp3) is 0.357.